The van der Waals surface area contributed by atoms with Crippen LogP contribution in [-0.4, -0.2) is 29.1 Å². The number of fused-ring (bicyclic) bond motifs is 1. The van der Waals surface area contributed by atoms with Crippen LogP contribution in [0.4, 0.5) is 5.69 Å². The second-order valence-electron chi connectivity index (χ2n) is 7.81. The Morgan fingerprint density at radius 3 is 2.72 bits per heavy atom. The van der Waals surface area contributed by atoms with E-state index in [1.54, 1.807) is 29.3 Å². The lowest BCUT2D eigenvalue weighted by Crippen LogP contribution is -2.31. The zero-order valence-electron chi connectivity index (χ0n) is 18.5. The summed E-state index contributed by atoms with van der Waals surface area (Å²) in [6.07, 6.45) is 3.82. The van der Waals surface area contributed by atoms with Crippen LogP contribution in [0.2, 0.25) is 0 Å². The molecule has 1 aliphatic carbocycles. The molecule has 2 amide bonds. The first kappa shape index (κ1) is 21.5. The van der Waals surface area contributed by atoms with E-state index in [1.807, 2.05) is 45.0 Å². The number of anilines is 1. The van der Waals surface area contributed by atoms with Gasteiger partial charge in [-0.2, -0.15) is 5.10 Å². The normalized spacial score (nSPS) is 14.2. The third-order valence-electron chi connectivity index (χ3n) is 5.58. The van der Waals surface area contributed by atoms with Gasteiger partial charge in [-0.1, -0.05) is 18.2 Å². The number of hydrazone groups is 1. The smallest absolute Gasteiger partial charge is 0.294 e. The van der Waals surface area contributed by atoms with Gasteiger partial charge in [0.2, 0.25) is 0 Å². The fourth-order valence-electron chi connectivity index (χ4n) is 4.02. The van der Waals surface area contributed by atoms with Gasteiger partial charge in [0.15, 0.2) is 5.76 Å². The number of furan rings is 1. The van der Waals surface area contributed by atoms with Crippen molar-refractivity contribution in [2.45, 2.75) is 40.0 Å². The summed E-state index contributed by atoms with van der Waals surface area (Å²) >= 11 is 0. The van der Waals surface area contributed by atoms with Crippen molar-refractivity contribution in [1.29, 1.82) is 0 Å². The molecule has 7 heteroatoms. The molecule has 0 radical (unpaired) electrons. The van der Waals surface area contributed by atoms with Crippen LogP contribution in [0.1, 0.15) is 63.3 Å². The molecule has 1 aromatic carbocycles. The van der Waals surface area contributed by atoms with Crippen LogP contribution in [0.3, 0.4) is 0 Å². The maximum absolute atomic E-state index is 13.4. The Bertz CT molecular complexity index is 1180. The molecule has 0 bridgehead atoms. The highest BCUT2D eigenvalue weighted by molar-refractivity contribution is 6.10. The van der Waals surface area contributed by atoms with Crippen LogP contribution >= 0.6 is 0 Å². The lowest BCUT2D eigenvalue weighted by Gasteiger charge is -2.20. The van der Waals surface area contributed by atoms with Crippen molar-refractivity contribution in [3.63, 3.8) is 0 Å². The topological polar surface area (TPSA) is 87.8 Å². The van der Waals surface area contributed by atoms with Crippen molar-refractivity contribution in [3.8, 4) is 0 Å². The largest absolute Gasteiger partial charge is 0.455 e. The number of carbonyl (C=O) groups excluding carboxylic acids is 2. The Balaban J connectivity index is 1.63. The number of pyridine rings is 1. The Morgan fingerprint density at radius 2 is 2.00 bits per heavy atom. The third kappa shape index (κ3) is 4.19. The molecule has 3 aromatic rings. The molecule has 2 heterocycles. The van der Waals surface area contributed by atoms with Gasteiger partial charge in [0.05, 0.1) is 5.71 Å². The van der Waals surface area contributed by atoms with E-state index < -0.39 is 0 Å². The average Bonchev–Trinajstić information content (AvgIpc) is 3.15. The van der Waals surface area contributed by atoms with Crippen molar-refractivity contribution in [3.05, 3.63) is 82.6 Å². The van der Waals surface area contributed by atoms with E-state index in [-0.39, 0.29) is 11.8 Å². The molecule has 0 aliphatic heterocycles. The van der Waals surface area contributed by atoms with Gasteiger partial charge >= 0.3 is 0 Å². The van der Waals surface area contributed by atoms with Crippen molar-refractivity contribution in [2.24, 2.45) is 5.10 Å². The zero-order chi connectivity index (χ0) is 22.7. The Morgan fingerprint density at radius 1 is 1.16 bits per heavy atom. The molecule has 0 saturated carbocycles. The number of hydrogen-bond acceptors (Lipinski definition) is 5. The number of aryl methyl sites for hydroxylation is 2. The van der Waals surface area contributed by atoms with Gasteiger partial charge in [0.1, 0.15) is 11.5 Å². The maximum atomic E-state index is 13.4. The third-order valence-corrected chi connectivity index (χ3v) is 5.58. The molecule has 0 saturated heterocycles. The summed E-state index contributed by atoms with van der Waals surface area (Å²) in [6.45, 7) is 6.34. The number of nitrogens with zero attached hydrogens (tertiary/aromatic N) is 3. The van der Waals surface area contributed by atoms with Gasteiger partial charge in [-0.25, -0.2) is 5.43 Å². The summed E-state index contributed by atoms with van der Waals surface area (Å²) in [7, 11) is 0. The van der Waals surface area contributed by atoms with Gasteiger partial charge < -0.3 is 9.32 Å². The molecule has 164 valence electrons. The van der Waals surface area contributed by atoms with Crippen LogP contribution in [0, 0.1) is 13.8 Å². The number of carbonyl (C=O) groups is 2. The Hall–Kier alpha value is -3.74. The summed E-state index contributed by atoms with van der Waals surface area (Å²) in [6, 6.07) is 13.0. The second kappa shape index (κ2) is 9.18. The molecule has 4 rings (SSSR count). The Kier molecular flexibility index (Phi) is 6.16. The van der Waals surface area contributed by atoms with Gasteiger partial charge in [0, 0.05) is 36.0 Å². The van der Waals surface area contributed by atoms with Crippen LogP contribution in [0.15, 0.2) is 58.2 Å². The number of aromatic nitrogens is 1. The molecule has 1 aliphatic rings. The summed E-state index contributed by atoms with van der Waals surface area (Å²) in [4.78, 5) is 31.5. The monoisotopic (exact) mass is 430 g/mol. The molecular weight excluding hydrogens is 404 g/mol. The molecule has 2 aromatic heterocycles. The van der Waals surface area contributed by atoms with Crippen LogP contribution in [0.25, 0.3) is 0 Å². The number of nitrogens with one attached hydrogen (secondary N) is 1. The first-order valence-electron chi connectivity index (χ1n) is 10.8. The lowest BCUT2D eigenvalue weighted by atomic mass is 9.93. The molecule has 32 heavy (non-hydrogen) atoms. The van der Waals surface area contributed by atoms with Gasteiger partial charge in [0.25, 0.3) is 11.8 Å². The van der Waals surface area contributed by atoms with E-state index in [9.17, 15) is 9.59 Å². The van der Waals surface area contributed by atoms with Crippen LogP contribution in [0.5, 0.6) is 0 Å². The number of benzene rings is 1. The van der Waals surface area contributed by atoms with Gasteiger partial charge in [-0.05, 0) is 63.4 Å². The van der Waals surface area contributed by atoms with Crippen molar-refractivity contribution in [2.75, 3.05) is 11.4 Å². The van der Waals surface area contributed by atoms with E-state index in [0.717, 1.165) is 46.7 Å². The highest BCUT2D eigenvalue weighted by Crippen LogP contribution is 2.31. The van der Waals surface area contributed by atoms with E-state index in [1.165, 1.54) is 0 Å². The fraction of sp³-hybridized carbons (Fsp3) is 0.280. The number of hydrogen-bond donors (Lipinski definition) is 1. The van der Waals surface area contributed by atoms with Crippen molar-refractivity contribution >= 4 is 23.2 Å². The molecule has 0 fully saturated rings. The average molecular weight is 431 g/mol. The minimum atomic E-state index is -0.376. The summed E-state index contributed by atoms with van der Waals surface area (Å²) in [5, 5.41) is 4.36. The highest BCUT2D eigenvalue weighted by atomic mass is 16.4. The van der Waals surface area contributed by atoms with E-state index in [4.69, 9.17) is 4.42 Å². The SMILES string of the molecule is CCN(C(=O)c1oc2c(c1C)/C(=N/NC(=O)c1ccccn1)CCC2)c1cccc(C)c1. The first-order valence-corrected chi connectivity index (χ1v) is 10.8. The molecular formula is C25H26N4O3. The summed E-state index contributed by atoms with van der Waals surface area (Å²) in [5.74, 6) is 0.508. The molecule has 0 atom stereocenters. The lowest BCUT2D eigenvalue weighted by molar-refractivity contribution is 0.0946. The van der Waals surface area contributed by atoms with Crippen molar-refractivity contribution in [1.82, 2.24) is 10.4 Å². The number of amides is 2. The fourth-order valence-corrected chi connectivity index (χ4v) is 4.02. The predicted octanol–water partition coefficient (Wildman–Crippen LogP) is 4.43. The van der Waals surface area contributed by atoms with Crippen molar-refractivity contribution < 1.29 is 14.0 Å². The van der Waals surface area contributed by atoms with Crippen LogP contribution in [-0.2, 0) is 6.42 Å². The molecule has 0 unspecified atom stereocenters. The summed E-state index contributed by atoms with van der Waals surface area (Å²) < 4.78 is 6.06. The first-order chi connectivity index (χ1) is 15.5. The molecule has 7 nitrogen and oxygen atoms in total. The Labute approximate surface area is 187 Å². The highest BCUT2D eigenvalue weighted by Gasteiger charge is 2.30. The minimum absolute atomic E-state index is 0.179. The maximum Gasteiger partial charge on any atom is 0.294 e. The minimum Gasteiger partial charge on any atom is -0.455 e. The quantitative estimate of drug-likeness (QED) is 0.607. The summed E-state index contributed by atoms with van der Waals surface area (Å²) in [5.41, 5.74) is 7.10. The van der Waals surface area contributed by atoms with Gasteiger partial charge in [-0.3, -0.25) is 14.6 Å². The zero-order valence-corrected chi connectivity index (χ0v) is 18.5. The number of rotatable bonds is 5. The predicted molar refractivity (Wildman–Crippen MR) is 123 cm³/mol. The van der Waals surface area contributed by atoms with E-state index in [0.29, 0.717) is 24.4 Å². The van der Waals surface area contributed by atoms with E-state index >= 15 is 0 Å². The molecule has 0 spiro atoms. The van der Waals surface area contributed by atoms with E-state index in [2.05, 4.69) is 15.5 Å². The van der Waals surface area contributed by atoms with Gasteiger partial charge in [-0.15, -0.1) is 0 Å². The standard InChI is InChI=1S/C25H26N4O3/c1-4-29(18-10-7-9-16(2)15-18)25(31)23-17(3)22-19(12-8-13-21(22)32-23)27-28-24(30)20-11-5-6-14-26-20/h5-7,9-11,14-15H,4,8,12-13H2,1-3H3,(H,28,30)/b27-19+. The van der Waals surface area contributed by atoms with Crippen LogP contribution < -0.4 is 10.3 Å². The second-order valence-corrected chi connectivity index (χ2v) is 7.81. The molecule has 1 N–H and O–H groups in total.